The molecule has 1 aliphatic heterocycles. The molecule has 1 saturated carbocycles. The average molecular weight is 282 g/mol. The lowest BCUT2D eigenvalue weighted by Crippen LogP contribution is -2.50. The number of rotatable bonds is 3. The number of alkyl carbamates (subject to hydrolysis) is 1. The van der Waals surface area contributed by atoms with Crippen molar-refractivity contribution in [3.8, 4) is 0 Å². The lowest BCUT2D eigenvalue weighted by atomic mass is 9.82. The minimum Gasteiger partial charge on any atom is -0.444 e. The molecule has 0 aromatic carbocycles. The van der Waals surface area contributed by atoms with Gasteiger partial charge in [-0.3, -0.25) is 0 Å². The fourth-order valence-corrected chi connectivity index (χ4v) is 3.60. The fraction of sp³-hybridized carbons (Fsp3) is 0.938. The zero-order valence-corrected chi connectivity index (χ0v) is 13.3. The Bertz CT molecular complexity index is 324. The second-order valence-corrected chi connectivity index (χ2v) is 7.53. The Morgan fingerprint density at radius 2 is 2.00 bits per heavy atom. The predicted molar refractivity (Wildman–Crippen MR) is 80.8 cm³/mol. The molecule has 0 bridgehead atoms. The van der Waals surface area contributed by atoms with Crippen LogP contribution in [0.15, 0.2) is 0 Å². The molecule has 20 heavy (non-hydrogen) atoms. The topological polar surface area (TPSA) is 50.4 Å². The monoisotopic (exact) mass is 282 g/mol. The van der Waals surface area contributed by atoms with Gasteiger partial charge in [-0.2, -0.15) is 0 Å². The van der Waals surface area contributed by atoms with Crippen LogP contribution in [-0.2, 0) is 4.74 Å². The van der Waals surface area contributed by atoms with Gasteiger partial charge in [-0.15, -0.1) is 0 Å². The highest BCUT2D eigenvalue weighted by molar-refractivity contribution is 5.68. The third-order valence-corrected chi connectivity index (χ3v) is 4.41. The Balaban J connectivity index is 1.92. The first-order valence-corrected chi connectivity index (χ1v) is 8.10. The summed E-state index contributed by atoms with van der Waals surface area (Å²) in [6.07, 6.45) is 8.03. The van der Waals surface area contributed by atoms with Gasteiger partial charge in [0.2, 0.25) is 0 Å². The third kappa shape index (κ3) is 4.65. The number of amides is 1. The van der Waals surface area contributed by atoms with Gasteiger partial charge >= 0.3 is 6.09 Å². The van der Waals surface area contributed by atoms with Crippen molar-refractivity contribution in [1.82, 2.24) is 10.6 Å². The van der Waals surface area contributed by atoms with E-state index in [9.17, 15) is 4.79 Å². The molecule has 116 valence electrons. The Kier molecular flexibility index (Phi) is 4.95. The molecule has 1 saturated heterocycles. The van der Waals surface area contributed by atoms with Crippen LogP contribution in [0.4, 0.5) is 4.79 Å². The molecule has 1 atom stereocenters. The number of carbonyl (C=O) groups is 1. The van der Waals surface area contributed by atoms with Crippen LogP contribution in [0.1, 0.15) is 65.7 Å². The Labute approximate surface area is 123 Å². The van der Waals surface area contributed by atoms with E-state index in [1.165, 1.54) is 25.7 Å². The summed E-state index contributed by atoms with van der Waals surface area (Å²) in [5.74, 6) is 0.691. The third-order valence-electron chi connectivity index (χ3n) is 4.41. The van der Waals surface area contributed by atoms with E-state index in [2.05, 4.69) is 10.6 Å². The summed E-state index contributed by atoms with van der Waals surface area (Å²) in [6, 6.07) is 0. The summed E-state index contributed by atoms with van der Waals surface area (Å²) >= 11 is 0. The number of carbonyl (C=O) groups excluding carboxylic acids is 1. The van der Waals surface area contributed by atoms with Crippen LogP contribution < -0.4 is 10.6 Å². The normalized spacial score (nSPS) is 26.2. The van der Waals surface area contributed by atoms with Crippen LogP contribution in [0.2, 0.25) is 0 Å². The van der Waals surface area contributed by atoms with E-state index in [0.29, 0.717) is 5.92 Å². The molecule has 2 fully saturated rings. The number of nitrogens with one attached hydrogen (secondary N) is 2. The Morgan fingerprint density at radius 1 is 1.30 bits per heavy atom. The van der Waals surface area contributed by atoms with Crippen molar-refractivity contribution in [2.45, 2.75) is 76.9 Å². The van der Waals surface area contributed by atoms with Gasteiger partial charge in [0.25, 0.3) is 0 Å². The van der Waals surface area contributed by atoms with Gasteiger partial charge in [0.1, 0.15) is 5.60 Å². The maximum Gasteiger partial charge on any atom is 0.408 e. The number of hydrogen-bond acceptors (Lipinski definition) is 3. The minimum atomic E-state index is -0.420. The first kappa shape index (κ1) is 15.6. The highest BCUT2D eigenvalue weighted by Gasteiger charge is 2.38. The molecule has 1 amide bonds. The summed E-state index contributed by atoms with van der Waals surface area (Å²) < 4.78 is 5.45. The largest absolute Gasteiger partial charge is 0.444 e. The maximum absolute atomic E-state index is 12.1. The van der Waals surface area contributed by atoms with Crippen LogP contribution in [0.3, 0.4) is 0 Å². The summed E-state index contributed by atoms with van der Waals surface area (Å²) in [4.78, 5) is 12.1. The molecule has 4 nitrogen and oxygen atoms in total. The van der Waals surface area contributed by atoms with Gasteiger partial charge < -0.3 is 15.4 Å². The van der Waals surface area contributed by atoms with E-state index in [0.717, 1.165) is 32.4 Å². The SMILES string of the molecule is CC(C)(C)OC(=O)NC1(CC2CCCNC2)CCCC1. The highest BCUT2D eigenvalue weighted by atomic mass is 16.6. The summed E-state index contributed by atoms with van der Waals surface area (Å²) in [5, 5.41) is 6.68. The maximum atomic E-state index is 12.1. The van der Waals surface area contributed by atoms with Gasteiger partial charge in [-0.25, -0.2) is 4.79 Å². The van der Waals surface area contributed by atoms with Crippen LogP contribution >= 0.6 is 0 Å². The van der Waals surface area contributed by atoms with Gasteiger partial charge in [-0.1, -0.05) is 12.8 Å². The van der Waals surface area contributed by atoms with Crippen molar-refractivity contribution in [3.63, 3.8) is 0 Å². The zero-order valence-electron chi connectivity index (χ0n) is 13.3. The van der Waals surface area contributed by atoms with Crippen LogP contribution in [0.5, 0.6) is 0 Å². The smallest absolute Gasteiger partial charge is 0.408 e. The van der Waals surface area contributed by atoms with Crippen LogP contribution in [0, 0.1) is 5.92 Å². The number of piperidine rings is 1. The minimum absolute atomic E-state index is 0.0218. The Morgan fingerprint density at radius 3 is 2.55 bits per heavy atom. The summed E-state index contributed by atoms with van der Waals surface area (Å²) in [5.41, 5.74) is -0.442. The second-order valence-electron chi connectivity index (χ2n) is 7.53. The number of ether oxygens (including phenoxy) is 1. The molecule has 1 heterocycles. The molecule has 2 N–H and O–H groups in total. The first-order chi connectivity index (χ1) is 9.39. The van der Waals surface area contributed by atoms with Crippen LogP contribution in [0.25, 0.3) is 0 Å². The first-order valence-electron chi connectivity index (χ1n) is 8.10. The number of hydrogen-bond donors (Lipinski definition) is 2. The molecule has 1 unspecified atom stereocenters. The Hall–Kier alpha value is -0.770. The molecule has 4 heteroatoms. The lowest BCUT2D eigenvalue weighted by molar-refractivity contribution is 0.0435. The van der Waals surface area contributed by atoms with E-state index >= 15 is 0 Å². The molecule has 2 aliphatic rings. The molecular formula is C16H30N2O2. The average Bonchev–Trinajstić information content (AvgIpc) is 2.75. The quantitative estimate of drug-likeness (QED) is 0.835. The standard InChI is InChI=1S/C16H30N2O2/c1-15(2,3)20-14(19)18-16(8-4-5-9-16)11-13-7-6-10-17-12-13/h13,17H,4-12H2,1-3H3,(H,18,19). The fourth-order valence-electron chi connectivity index (χ4n) is 3.60. The van der Waals surface area contributed by atoms with Crippen LogP contribution in [-0.4, -0.2) is 30.3 Å². The van der Waals surface area contributed by atoms with E-state index in [1.54, 1.807) is 0 Å². The molecule has 1 aliphatic carbocycles. The van der Waals surface area contributed by atoms with Crippen molar-refractivity contribution < 1.29 is 9.53 Å². The van der Waals surface area contributed by atoms with Crippen molar-refractivity contribution in [2.75, 3.05) is 13.1 Å². The van der Waals surface area contributed by atoms with Crippen molar-refractivity contribution in [3.05, 3.63) is 0 Å². The molecular weight excluding hydrogens is 252 g/mol. The molecule has 0 spiro atoms. The zero-order chi connectivity index (χ0) is 14.6. The second kappa shape index (κ2) is 6.33. The summed E-state index contributed by atoms with van der Waals surface area (Å²) in [7, 11) is 0. The van der Waals surface area contributed by atoms with E-state index < -0.39 is 5.60 Å². The lowest BCUT2D eigenvalue weighted by Gasteiger charge is -2.36. The van der Waals surface area contributed by atoms with Gasteiger partial charge in [0.15, 0.2) is 0 Å². The summed E-state index contributed by atoms with van der Waals surface area (Å²) in [6.45, 7) is 7.98. The van der Waals surface area contributed by atoms with E-state index in [4.69, 9.17) is 4.74 Å². The van der Waals surface area contributed by atoms with Crippen molar-refractivity contribution in [1.29, 1.82) is 0 Å². The van der Waals surface area contributed by atoms with Gasteiger partial charge in [0, 0.05) is 5.54 Å². The predicted octanol–water partition coefficient (Wildman–Crippen LogP) is 3.21. The van der Waals surface area contributed by atoms with Gasteiger partial charge in [-0.05, 0) is 71.9 Å². The molecule has 0 aromatic heterocycles. The molecule has 0 aromatic rings. The van der Waals surface area contributed by atoms with E-state index in [-0.39, 0.29) is 11.6 Å². The molecule has 2 rings (SSSR count). The van der Waals surface area contributed by atoms with Crippen molar-refractivity contribution in [2.24, 2.45) is 5.92 Å². The van der Waals surface area contributed by atoms with E-state index in [1.807, 2.05) is 20.8 Å². The van der Waals surface area contributed by atoms with Crippen molar-refractivity contribution >= 4 is 6.09 Å². The highest BCUT2D eigenvalue weighted by Crippen LogP contribution is 2.36. The molecule has 0 radical (unpaired) electrons. The van der Waals surface area contributed by atoms with Gasteiger partial charge in [0.05, 0.1) is 0 Å².